The molecule has 1 aromatic carbocycles. The van der Waals surface area contributed by atoms with E-state index in [1.54, 1.807) is 30.0 Å². The molecule has 4 saturated heterocycles. The summed E-state index contributed by atoms with van der Waals surface area (Å²) in [4.78, 5) is 88.7. The van der Waals surface area contributed by atoms with Crippen molar-refractivity contribution in [3.8, 4) is 0 Å². The van der Waals surface area contributed by atoms with Crippen LogP contribution in [0.3, 0.4) is 0 Å². The average molecular weight is 807 g/mol. The fourth-order valence-electron chi connectivity index (χ4n) is 8.14. The summed E-state index contributed by atoms with van der Waals surface area (Å²) in [7, 11) is 0. The number of urea groups is 1. The lowest BCUT2D eigenvalue weighted by atomic mass is 9.93. The van der Waals surface area contributed by atoms with Gasteiger partial charge in [0.05, 0.1) is 25.4 Å². The van der Waals surface area contributed by atoms with E-state index in [0.29, 0.717) is 38.1 Å². The van der Waals surface area contributed by atoms with Crippen molar-refractivity contribution < 1.29 is 42.8 Å². The van der Waals surface area contributed by atoms with Gasteiger partial charge in [-0.25, -0.2) is 9.59 Å². The molecule has 2 aromatic rings. The molecule has 4 N–H and O–H groups in total. The summed E-state index contributed by atoms with van der Waals surface area (Å²) in [6.07, 6.45) is 3.89. The predicted molar refractivity (Wildman–Crippen MR) is 211 cm³/mol. The first-order chi connectivity index (χ1) is 27.7. The van der Waals surface area contributed by atoms with Gasteiger partial charge in [-0.05, 0) is 56.9 Å². The van der Waals surface area contributed by atoms with Crippen LogP contribution < -0.4 is 21.3 Å². The number of carbonyl (C=O) groups excluding carboxylic acids is 6. The minimum atomic E-state index is -1.42. The molecule has 17 heteroatoms. The Morgan fingerprint density at radius 1 is 0.914 bits per heavy atom. The zero-order valence-corrected chi connectivity index (χ0v) is 34.2. The summed E-state index contributed by atoms with van der Waals surface area (Å²) < 4.78 is 17.2. The number of anilines is 1. The number of esters is 1. The molecule has 1 aromatic heterocycles. The van der Waals surface area contributed by atoms with E-state index in [-0.39, 0.29) is 61.3 Å². The molecule has 4 aliphatic rings. The molecule has 6 rings (SSSR count). The minimum Gasteiger partial charge on any atom is -0.461 e. The number of benzene rings is 1. The third kappa shape index (κ3) is 10.3. The second-order valence-corrected chi connectivity index (χ2v) is 17.0. The number of carbonyl (C=O) groups is 6. The Kier molecular flexibility index (Phi) is 13.7. The highest BCUT2D eigenvalue weighted by atomic mass is 16.5. The van der Waals surface area contributed by atoms with Crippen molar-refractivity contribution in [3.63, 3.8) is 0 Å². The summed E-state index contributed by atoms with van der Waals surface area (Å²) in [6, 6.07) is 4.75. The van der Waals surface area contributed by atoms with Crippen LogP contribution in [0.5, 0.6) is 0 Å². The average Bonchev–Trinajstić information content (AvgIpc) is 3.97. The van der Waals surface area contributed by atoms with Crippen molar-refractivity contribution in [3.05, 3.63) is 47.7 Å². The van der Waals surface area contributed by atoms with Crippen molar-refractivity contribution in [2.75, 3.05) is 44.9 Å². The van der Waals surface area contributed by atoms with Crippen molar-refractivity contribution in [1.82, 2.24) is 35.8 Å². The summed E-state index contributed by atoms with van der Waals surface area (Å²) in [6.45, 7) is 10.4. The first kappa shape index (κ1) is 42.6. The highest BCUT2D eigenvalue weighted by molar-refractivity contribution is 5.97. The maximum absolute atomic E-state index is 14.6. The lowest BCUT2D eigenvalue weighted by Gasteiger charge is -2.39. The maximum Gasteiger partial charge on any atom is 0.328 e. The van der Waals surface area contributed by atoms with Crippen LogP contribution in [0.25, 0.3) is 0 Å². The number of ether oxygens (including phenoxy) is 2. The van der Waals surface area contributed by atoms with Crippen LogP contribution in [0.15, 0.2) is 40.9 Å². The molecular weight excluding hydrogens is 748 g/mol. The monoisotopic (exact) mass is 806 g/mol. The third-order valence-electron chi connectivity index (χ3n) is 11.4. The molecule has 7 atom stereocenters. The van der Waals surface area contributed by atoms with Crippen LogP contribution in [-0.4, -0.2) is 131 Å². The van der Waals surface area contributed by atoms with Crippen molar-refractivity contribution in [2.45, 2.75) is 121 Å². The number of nitrogens with one attached hydrogen (secondary N) is 4. The smallest absolute Gasteiger partial charge is 0.328 e. The van der Waals surface area contributed by atoms with Crippen LogP contribution >= 0.6 is 0 Å². The molecule has 0 unspecified atom stereocenters. The van der Waals surface area contributed by atoms with Crippen LogP contribution in [0.1, 0.15) is 84.5 Å². The Bertz CT molecular complexity index is 1800. The van der Waals surface area contributed by atoms with E-state index < -0.39 is 60.6 Å². The van der Waals surface area contributed by atoms with Gasteiger partial charge in [-0.15, -0.1) is 0 Å². The molecule has 4 fully saturated rings. The summed E-state index contributed by atoms with van der Waals surface area (Å²) in [5.74, 6) is -1.79. The molecule has 5 heterocycles. The fraction of sp³-hybridized carbons (Fsp3) is 0.634. The van der Waals surface area contributed by atoms with Crippen LogP contribution in [-0.2, 0) is 45.3 Å². The summed E-state index contributed by atoms with van der Waals surface area (Å²) in [5.41, 5.74) is 0.372. The van der Waals surface area contributed by atoms with E-state index in [4.69, 9.17) is 14.0 Å². The van der Waals surface area contributed by atoms with Gasteiger partial charge in [0.1, 0.15) is 36.5 Å². The quantitative estimate of drug-likeness (QED) is 0.312. The number of nitrogens with zero attached hydrogens (tertiary/aromatic N) is 4. The van der Waals surface area contributed by atoms with Crippen LogP contribution in [0.2, 0.25) is 0 Å². The van der Waals surface area contributed by atoms with Gasteiger partial charge in [0, 0.05) is 37.5 Å². The Labute approximate surface area is 339 Å². The Morgan fingerprint density at radius 3 is 2.41 bits per heavy atom. The lowest BCUT2D eigenvalue weighted by molar-refractivity contribution is -0.157. The van der Waals surface area contributed by atoms with Gasteiger partial charge in [-0.1, -0.05) is 63.2 Å². The molecular formula is C41H58N8O9. The van der Waals surface area contributed by atoms with Gasteiger partial charge in [0.25, 0.3) is 0 Å². The zero-order chi connectivity index (χ0) is 41.6. The fourth-order valence-corrected chi connectivity index (χ4v) is 8.14. The molecule has 0 saturated carbocycles. The predicted octanol–water partition coefficient (Wildman–Crippen LogP) is 2.31. The van der Waals surface area contributed by atoms with E-state index in [9.17, 15) is 28.8 Å². The standard InChI is InChI=1S/C41H58N8O9/c1-25-18-32-39(54)57-23-30(43-35(50)29(19-27-12-7-6-8-13-27)44-40(55)45-34-20-33(58-46-34)41(3,4)5)37(52)48-17-11-15-31(48)38(53)47-16-10-9-14-28(47)22-56-24-42-26(2)36(51)49(32)21-25/h6-8,12-13,20,25-26,28-32,42H,9-11,14-19,21-24H2,1-5H3,(H,43,50)(H2,44,45,46,55)/t25-,26+,28+,29+,30+,31+,32+/m1/s1. The maximum atomic E-state index is 14.6. The van der Waals surface area contributed by atoms with Gasteiger partial charge >= 0.3 is 12.0 Å². The van der Waals surface area contributed by atoms with Crippen molar-refractivity contribution >= 4 is 41.4 Å². The number of rotatable bonds is 6. The van der Waals surface area contributed by atoms with Gasteiger partial charge in [-0.3, -0.25) is 29.8 Å². The number of cyclic esters (lactones) is 1. The number of hydrogen-bond acceptors (Lipinski definition) is 11. The largest absolute Gasteiger partial charge is 0.461 e. The molecule has 316 valence electrons. The molecule has 0 radical (unpaired) electrons. The summed E-state index contributed by atoms with van der Waals surface area (Å²) in [5, 5.41) is 15.2. The number of amides is 6. The second kappa shape index (κ2) is 18.7. The normalized spacial score (nSPS) is 27.1. The topological polar surface area (TPSA) is 205 Å². The molecule has 0 bridgehead atoms. The van der Waals surface area contributed by atoms with Gasteiger partial charge in [0.2, 0.25) is 23.6 Å². The molecule has 58 heavy (non-hydrogen) atoms. The van der Waals surface area contributed by atoms with Crippen LogP contribution in [0.4, 0.5) is 10.6 Å². The Balaban J connectivity index is 1.27. The first-order valence-electron chi connectivity index (χ1n) is 20.5. The second-order valence-electron chi connectivity index (χ2n) is 17.0. The Morgan fingerprint density at radius 2 is 1.67 bits per heavy atom. The molecule has 6 amide bonds. The zero-order valence-electron chi connectivity index (χ0n) is 34.2. The third-order valence-corrected chi connectivity index (χ3v) is 11.4. The highest BCUT2D eigenvalue weighted by Gasteiger charge is 2.44. The van der Waals surface area contributed by atoms with E-state index in [1.807, 2.05) is 45.9 Å². The van der Waals surface area contributed by atoms with Gasteiger partial charge < -0.3 is 39.3 Å². The molecule has 4 aliphatic heterocycles. The highest BCUT2D eigenvalue weighted by Crippen LogP contribution is 2.28. The SMILES string of the molecule is C[C@@H]1C[C@H]2C(=O)OC[C@H](NC(=O)[C@H](Cc3ccccc3)NC(=O)Nc3cc(C(C)(C)C)on3)C(=O)N3CCC[C@H]3C(=O)N3CCCC[C@H]3COCN[C@@H](C)C(=O)N2C1. The molecule has 0 spiro atoms. The lowest BCUT2D eigenvalue weighted by Crippen LogP contribution is -2.60. The van der Waals surface area contributed by atoms with E-state index >= 15 is 0 Å². The van der Waals surface area contributed by atoms with Gasteiger partial charge in [0.15, 0.2) is 5.82 Å². The van der Waals surface area contributed by atoms with E-state index in [0.717, 1.165) is 24.8 Å². The van der Waals surface area contributed by atoms with E-state index in [1.165, 1.54) is 9.80 Å². The van der Waals surface area contributed by atoms with Crippen molar-refractivity contribution in [1.29, 1.82) is 0 Å². The summed E-state index contributed by atoms with van der Waals surface area (Å²) >= 11 is 0. The Hall–Kier alpha value is -5.03. The number of fused-ring (bicyclic) bond motifs is 3. The van der Waals surface area contributed by atoms with Crippen LogP contribution in [0, 0.1) is 5.92 Å². The van der Waals surface area contributed by atoms with Gasteiger partial charge in [-0.2, -0.15) is 0 Å². The number of hydrogen-bond donors (Lipinski definition) is 4. The number of piperidine rings is 1. The number of aromatic nitrogens is 1. The first-order valence-corrected chi connectivity index (χ1v) is 20.5. The molecule has 0 aliphatic carbocycles. The molecule has 17 nitrogen and oxygen atoms in total. The van der Waals surface area contributed by atoms with Crippen molar-refractivity contribution in [2.24, 2.45) is 5.92 Å². The van der Waals surface area contributed by atoms with E-state index in [2.05, 4.69) is 26.4 Å². The minimum absolute atomic E-state index is 0.0121.